The van der Waals surface area contributed by atoms with E-state index >= 15 is 0 Å². The number of carbonyl (C=O) groups excluding carboxylic acids is 1. The smallest absolute Gasteiger partial charge is 0.147 e. The molecule has 0 amide bonds. The largest absolute Gasteiger partial charge is 0.379 e. The third kappa shape index (κ3) is 4.60. The minimum absolute atomic E-state index is 0. The van der Waals surface area contributed by atoms with Gasteiger partial charge in [-0.15, -0.1) is 12.4 Å². The first-order chi connectivity index (χ1) is 13.8. The van der Waals surface area contributed by atoms with Crippen molar-refractivity contribution in [3.05, 3.63) is 71.8 Å². The van der Waals surface area contributed by atoms with Crippen LogP contribution in [0.1, 0.15) is 41.9 Å². The number of ketones is 1. The van der Waals surface area contributed by atoms with E-state index in [1.165, 1.54) is 0 Å². The second-order valence-corrected chi connectivity index (χ2v) is 6.94. The van der Waals surface area contributed by atoms with E-state index in [0.717, 1.165) is 24.2 Å². The molecule has 2 aromatic rings. The van der Waals surface area contributed by atoms with Crippen LogP contribution in [0.15, 0.2) is 60.7 Å². The Kier molecular flexibility index (Phi) is 6.47. The van der Waals surface area contributed by atoms with Crippen LogP contribution in [0.2, 0.25) is 0 Å². The van der Waals surface area contributed by atoms with Crippen molar-refractivity contribution in [3.8, 4) is 0 Å². The molecular formula is C23H30ClNO2. The monoisotopic (exact) mass is 390 g/mol. The van der Waals surface area contributed by atoms with Crippen molar-refractivity contribution in [2.75, 3.05) is 26.3 Å². The van der Waals surface area contributed by atoms with Gasteiger partial charge in [-0.25, -0.2) is 0 Å². The first-order valence-corrected chi connectivity index (χ1v) is 9.29. The summed E-state index contributed by atoms with van der Waals surface area (Å²) < 4.78 is 28.7. The second-order valence-electron chi connectivity index (χ2n) is 6.94. The molecule has 0 saturated carbocycles. The molecule has 1 unspecified atom stereocenters. The Morgan fingerprint density at radius 1 is 1.07 bits per heavy atom. The van der Waals surface area contributed by atoms with Gasteiger partial charge in [-0.2, -0.15) is 0 Å². The van der Waals surface area contributed by atoms with Crippen LogP contribution in [0, 0.1) is 0 Å². The topological polar surface area (TPSA) is 29.5 Å². The predicted molar refractivity (Wildman–Crippen MR) is 113 cm³/mol. The van der Waals surface area contributed by atoms with Crippen LogP contribution in [0.25, 0.3) is 0 Å². The van der Waals surface area contributed by atoms with E-state index in [4.69, 9.17) is 8.85 Å². The van der Waals surface area contributed by atoms with Crippen LogP contribution in [0.4, 0.5) is 0 Å². The van der Waals surface area contributed by atoms with Gasteiger partial charge in [0.1, 0.15) is 5.78 Å². The molecule has 1 saturated heterocycles. The molecule has 2 aromatic carbocycles. The summed E-state index contributed by atoms with van der Waals surface area (Å²) in [7, 11) is 0. The van der Waals surface area contributed by atoms with Gasteiger partial charge >= 0.3 is 0 Å². The molecule has 0 aliphatic carbocycles. The van der Waals surface area contributed by atoms with Crippen LogP contribution in [-0.4, -0.2) is 43.0 Å². The molecule has 4 heteroatoms. The van der Waals surface area contributed by atoms with Crippen molar-refractivity contribution >= 4 is 18.2 Å². The Morgan fingerprint density at radius 3 is 2.07 bits per heavy atom. The molecule has 0 N–H and O–H groups in total. The Balaban J connectivity index is 0.00000320. The van der Waals surface area contributed by atoms with Crippen LogP contribution >= 0.6 is 12.4 Å². The lowest BCUT2D eigenvalue weighted by atomic mass is 9.67. The first kappa shape index (κ1) is 17.4. The molecule has 1 atom stereocenters. The lowest BCUT2D eigenvalue weighted by Gasteiger charge is -2.40. The molecule has 0 spiro atoms. The molecule has 0 bridgehead atoms. The van der Waals surface area contributed by atoms with Crippen molar-refractivity contribution in [2.24, 2.45) is 0 Å². The minimum Gasteiger partial charge on any atom is -0.379 e. The number of carbonyl (C=O) groups is 1. The number of rotatable bonds is 7. The van der Waals surface area contributed by atoms with Gasteiger partial charge in [-0.1, -0.05) is 67.5 Å². The average molecular weight is 391 g/mol. The molecule has 3 rings (SSSR count). The lowest BCUT2D eigenvalue weighted by Crippen LogP contribution is -2.48. The van der Waals surface area contributed by atoms with Gasteiger partial charge in [0.05, 0.1) is 18.6 Å². The van der Waals surface area contributed by atoms with E-state index < -0.39 is 18.7 Å². The molecule has 1 aliphatic heterocycles. The van der Waals surface area contributed by atoms with Gasteiger partial charge in [0.2, 0.25) is 0 Å². The maximum absolute atomic E-state index is 13.7. The third-order valence-corrected chi connectivity index (χ3v) is 5.44. The second kappa shape index (κ2) is 10.0. The maximum atomic E-state index is 13.7. The minimum atomic E-state index is -2.31. The molecule has 146 valence electrons. The normalized spacial score (nSPS) is 18.5. The van der Waals surface area contributed by atoms with Crippen molar-refractivity contribution in [1.29, 1.82) is 0 Å². The molecule has 1 heterocycles. The molecule has 27 heavy (non-hydrogen) atoms. The Morgan fingerprint density at radius 2 is 1.59 bits per heavy atom. The van der Waals surface area contributed by atoms with Crippen molar-refractivity contribution in [1.82, 2.24) is 4.90 Å². The number of halogens is 1. The van der Waals surface area contributed by atoms with Crippen molar-refractivity contribution in [2.45, 2.75) is 38.1 Å². The highest BCUT2D eigenvalue weighted by molar-refractivity contribution is 5.93. The summed E-state index contributed by atoms with van der Waals surface area (Å²) in [5.41, 5.74) is 0.690. The summed E-state index contributed by atoms with van der Waals surface area (Å²) >= 11 is 0. The Labute approximate surface area is 173 Å². The summed E-state index contributed by atoms with van der Waals surface area (Å²) in [4.78, 5) is 16.0. The lowest BCUT2D eigenvalue weighted by molar-refractivity contribution is -0.123. The van der Waals surface area contributed by atoms with E-state index in [2.05, 4.69) is 11.8 Å². The molecule has 1 fully saturated rings. The number of morpholine rings is 1. The molecular weight excluding hydrogens is 358 g/mol. The zero-order valence-electron chi connectivity index (χ0n) is 18.8. The van der Waals surface area contributed by atoms with Crippen molar-refractivity contribution < 1.29 is 13.6 Å². The fourth-order valence-corrected chi connectivity index (χ4v) is 4.02. The first-order valence-electron chi connectivity index (χ1n) is 10.8. The number of benzene rings is 2. The summed E-state index contributed by atoms with van der Waals surface area (Å²) in [5.74, 6) is -0.255. The van der Waals surface area contributed by atoms with Crippen LogP contribution in [-0.2, 0) is 14.9 Å². The van der Waals surface area contributed by atoms with Gasteiger partial charge < -0.3 is 4.74 Å². The number of nitrogens with zero attached hydrogens (tertiary/aromatic N) is 1. The predicted octanol–water partition coefficient (Wildman–Crippen LogP) is 4.48. The van der Waals surface area contributed by atoms with E-state index in [1.54, 1.807) is 0 Å². The quantitative estimate of drug-likeness (QED) is 0.697. The van der Waals surface area contributed by atoms with E-state index in [0.29, 0.717) is 19.6 Å². The highest BCUT2D eigenvalue weighted by Gasteiger charge is 2.42. The summed E-state index contributed by atoms with van der Waals surface area (Å²) in [6.07, 6.45) is 0.0720. The number of hydrogen-bond acceptors (Lipinski definition) is 3. The zero-order valence-corrected chi connectivity index (χ0v) is 16.6. The summed E-state index contributed by atoms with van der Waals surface area (Å²) in [6.45, 7) is 2.79. The number of Topliss-reactive ketones (excluding diaryl/α,β-unsaturated/α-hetero) is 1. The Hall–Kier alpha value is -1.68. The molecule has 1 aliphatic rings. The van der Waals surface area contributed by atoms with E-state index in [9.17, 15) is 4.79 Å². The molecule has 0 aromatic heterocycles. The fraction of sp³-hybridized carbons (Fsp3) is 0.435. The van der Waals surface area contributed by atoms with Crippen molar-refractivity contribution in [3.63, 3.8) is 0 Å². The van der Waals surface area contributed by atoms with Gasteiger partial charge in [-0.05, 0) is 24.5 Å². The highest BCUT2D eigenvalue weighted by atomic mass is 35.5. The summed E-state index contributed by atoms with van der Waals surface area (Å²) in [5, 5.41) is 0. The average Bonchev–Trinajstić information content (AvgIpc) is 2.72. The van der Waals surface area contributed by atoms with Gasteiger partial charge in [0, 0.05) is 29.7 Å². The number of hydrogen-bond donors (Lipinski definition) is 0. The standard InChI is InChI=1S/C23H29NO2.ClH/c1-3-22(25)23(20-10-6-4-7-11-20,21-12-8-5-9-13-21)18-19(2)24-14-16-26-17-15-24;/h4-13,19H,3,14-18H2,1-2H3;1H/i1D3;. The van der Waals surface area contributed by atoms with E-state index in [1.807, 2.05) is 60.7 Å². The van der Waals surface area contributed by atoms with Crippen LogP contribution in [0.3, 0.4) is 0 Å². The zero-order chi connectivity index (χ0) is 20.9. The maximum Gasteiger partial charge on any atom is 0.147 e. The van der Waals surface area contributed by atoms with Crippen LogP contribution < -0.4 is 0 Å². The SMILES string of the molecule is Cl.[2H]C([2H])([2H])CC(=O)C(CC(C)N1CCOCC1)(c1ccccc1)c1ccccc1. The number of ether oxygens (including phenoxy) is 1. The fourth-order valence-electron chi connectivity index (χ4n) is 4.02. The van der Waals surface area contributed by atoms with Crippen LogP contribution in [0.5, 0.6) is 0 Å². The summed E-state index contributed by atoms with van der Waals surface area (Å²) in [6, 6.07) is 19.3. The molecule has 3 nitrogen and oxygen atoms in total. The van der Waals surface area contributed by atoms with Gasteiger partial charge in [0.25, 0.3) is 0 Å². The van der Waals surface area contributed by atoms with Gasteiger partial charge in [0.15, 0.2) is 0 Å². The van der Waals surface area contributed by atoms with E-state index in [-0.39, 0.29) is 24.2 Å². The Bertz CT molecular complexity index is 754. The highest BCUT2D eigenvalue weighted by Crippen LogP contribution is 2.39. The van der Waals surface area contributed by atoms with Gasteiger partial charge in [-0.3, -0.25) is 9.69 Å². The third-order valence-electron chi connectivity index (χ3n) is 5.44. The molecule has 0 radical (unpaired) electrons.